The fourth-order valence-electron chi connectivity index (χ4n) is 5.67. The van der Waals surface area contributed by atoms with Gasteiger partial charge in [-0.1, -0.05) is 56.7 Å². The zero-order valence-electron chi connectivity index (χ0n) is 23.2. The molecule has 1 saturated carbocycles. The molecule has 0 atom stereocenters. The molecule has 7 heteroatoms. The monoisotopic (exact) mass is 544 g/mol. The van der Waals surface area contributed by atoms with E-state index in [1.54, 1.807) is 18.5 Å². The van der Waals surface area contributed by atoms with E-state index in [-0.39, 0.29) is 5.82 Å². The Morgan fingerprint density at radius 3 is 2.71 bits per heavy atom. The molecule has 41 heavy (non-hydrogen) atoms. The summed E-state index contributed by atoms with van der Waals surface area (Å²) in [5, 5.41) is 12.2. The minimum Gasteiger partial charge on any atom is -0.359 e. The number of aromatic nitrogens is 5. The van der Waals surface area contributed by atoms with Gasteiger partial charge in [-0.15, -0.1) is 0 Å². The van der Waals surface area contributed by atoms with E-state index in [1.165, 1.54) is 44.2 Å². The molecule has 1 aliphatic carbocycles. The molecule has 3 heterocycles. The van der Waals surface area contributed by atoms with Crippen molar-refractivity contribution in [1.82, 2.24) is 30.5 Å². The molecule has 3 aromatic heterocycles. The maximum atomic E-state index is 14.0. The topological polar surface area (TPSA) is 82.3 Å². The number of nitrogens with zero attached hydrogens (tertiary/aromatic N) is 3. The standard InChI is InChI=1S/C34H33FN6/c1-4-22(17-27(5-2)37-21(3)23-10-7-6-8-11-23)24-14-15-30-28(18-24)33(41-40-30)34-38-31-20-36-19-29(32(31)39-34)25-12-9-13-26(35)16-25/h4-5,9,12-20,23,37H,2-3,6-8,10-11H2,1H3,(H,38,39)(H,40,41)/b22-4+,27-17+. The van der Waals surface area contributed by atoms with E-state index < -0.39 is 0 Å². The van der Waals surface area contributed by atoms with Crippen LogP contribution in [0.1, 0.15) is 44.6 Å². The number of halogens is 1. The third-order valence-corrected chi connectivity index (χ3v) is 7.90. The second-order valence-electron chi connectivity index (χ2n) is 10.5. The molecule has 0 unspecified atom stereocenters. The number of hydrogen-bond donors (Lipinski definition) is 3. The lowest BCUT2D eigenvalue weighted by Gasteiger charge is -2.25. The Labute approximate surface area is 238 Å². The molecule has 3 N–H and O–H groups in total. The van der Waals surface area contributed by atoms with Crippen LogP contribution in [0.2, 0.25) is 0 Å². The average molecular weight is 545 g/mol. The molecule has 0 aliphatic heterocycles. The largest absolute Gasteiger partial charge is 0.359 e. The summed E-state index contributed by atoms with van der Waals surface area (Å²) < 4.78 is 14.0. The van der Waals surface area contributed by atoms with Crippen LogP contribution in [0.25, 0.3) is 50.2 Å². The van der Waals surface area contributed by atoms with Crippen LogP contribution in [0.15, 0.2) is 97.6 Å². The van der Waals surface area contributed by atoms with Crippen LogP contribution in [0.4, 0.5) is 4.39 Å². The fraction of sp³-hybridized carbons (Fsp3) is 0.206. The molecule has 5 aromatic rings. The van der Waals surface area contributed by atoms with Crippen molar-refractivity contribution in [3.05, 3.63) is 109 Å². The quantitative estimate of drug-likeness (QED) is 0.171. The molecule has 0 amide bonds. The Balaban J connectivity index is 1.34. The first-order valence-electron chi connectivity index (χ1n) is 14.1. The summed E-state index contributed by atoms with van der Waals surface area (Å²) in [6, 6.07) is 12.7. The van der Waals surface area contributed by atoms with Crippen molar-refractivity contribution in [2.24, 2.45) is 5.92 Å². The normalized spacial score (nSPS) is 15.0. The van der Waals surface area contributed by atoms with Gasteiger partial charge in [-0.2, -0.15) is 5.10 Å². The molecule has 1 aliphatic rings. The summed E-state index contributed by atoms with van der Waals surface area (Å²) in [6.07, 6.45) is 15.7. The zero-order chi connectivity index (χ0) is 28.3. The van der Waals surface area contributed by atoms with Crippen molar-refractivity contribution in [1.29, 1.82) is 0 Å². The Morgan fingerprint density at radius 2 is 1.93 bits per heavy atom. The van der Waals surface area contributed by atoms with E-state index in [1.807, 2.05) is 25.1 Å². The van der Waals surface area contributed by atoms with Crippen LogP contribution >= 0.6 is 0 Å². The van der Waals surface area contributed by atoms with Crippen molar-refractivity contribution in [3.8, 4) is 22.6 Å². The van der Waals surface area contributed by atoms with Gasteiger partial charge in [0, 0.05) is 28.5 Å². The number of imidazole rings is 1. The van der Waals surface area contributed by atoms with E-state index in [0.29, 0.717) is 23.0 Å². The number of H-pyrrole nitrogens is 2. The van der Waals surface area contributed by atoms with Crippen molar-refractivity contribution >= 4 is 27.5 Å². The van der Waals surface area contributed by atoms with Crippen LogP contribution < -0.4 is 5.32 Å². The Kier molecular flexibility index (Phi) is 7.33. The first kappa shape index (κ1) is 26.4. The number of allylic oxidation sites excluding steroid dienone is 5. The molecule has 206 valence electrons. The molecule has 0 bridgehead atoms. The maximum absolute atomic E-state index is 14.0. The van der Waals surface area contributed by atoms with E-state index in [4.69, 9.17) is 4.98 Å². The lowest BCUT2D eigenvalue weighted by Crippen LogP contribution is -2.20. The van der Waals surface area contributed by atoms with Gasteiger partial charge >= 0.3 is 0 Å². The number of nitrogens with one attached hydrogen (secondary N) is 3. The van der Waals surface area contributed by atoms with Crippen LogP contribution in [-0.4, -0.2) is 25.1 Å². The number of rotatable bonds is 8. The smallest absolute Gasteiger partial charge is 0.159 e. The molecule has 0 saturated heterocycles. The molecule has 6 rings (SSSR count). The minimum absolute atomic E-state index is 0.303. The van der Waals surface area contributed by atoms with Crippen LogP contribution in [0.3, 0.4) is 0 Å². The zero-order valence-corrected chi connectivity index (χ0v) is 23.2. The molecular formula is C34H33FN6. The second-order valence-corrected chi connectivity index (χ2v) is 10.5. The highest BCUT2D eigenvalue weighted by molar-refractivity contribution is 5.98. The number of pyridine rings is 1. The first-order chi connectivity index (χ1) is 20.0. The van der Waals surface area contributed by atoms with Crippen LogP contribution in [-0.2, 0) is 0 Å². The molecule has 2 aromatic carbocycles. The van der Waals surface area contributed by atoms with Crippen molar-refractivity contribution in [2.45, 2.75) is 39.0 Å². The van der Waals surface area contributed by atoms with Gasteiger partial charge in [-0.05, 0) is 78.8 Å². The van der Waals surface area contributed by atoms with Crippen molar-refractivity contribution in [3.63, 3.8) is 0 Å². The van der Waals surface area contributed by atoms with Crippen LogP contribution in [0.5, 0.6) is 0 Å². The summed E-state index contributed by atoms with van der Waals surface area (Å²) in [7, 11) is 0. The van der Waals surface area contributed by atoms with E-state index in [0.717, 1.165) is 50.1 Å². The Hall–Kier alpha value is -4.78. The summed E-state index contributed by atoms with van der Waals surface area (Å²) in [4.78, 5) is 12.6. The lowest BCUT2D eigenvalue weighted by atomic mass is 9.87. The van der Waals surface area contributed by atoms with Gasteiger partial charge in [0.2, 0.25) is 0 Å². The van der Waals surface area contributed by atoms with Gasteiger partial charge < -0.3 is 10.3 Å². The molecule has 1 fully saturated rings. The molecule has 6 nitrogen and oxygen atoms in total. The number of hydrogen-bond acceptors (Lipinski definition) is 4. The minimum atomic E-state index is -0.303. The summed E-state index contributed by atoms with van der Waals surface area (Å²) in [6.45, 7) is 10.4. The predicted octanol–water partition coefficient (Wildman–Crippen LogP) is 8.46. The predicted molar refractivity (Wildman–Crippen MR) is 165 cm³/mol. The SMILES string of the molecule is C=C/C(=C\C(=C/C)c1ccc2[nH]nc(-c3nc4c(-c5cccc(F)c5)cncc4[nH]3)c2c1)NC(=C)C1CCCCC1. The second kappa shape index (κ2) is 11.4. The highest BCUT2D eigenvalue weighted by Crippen LogP contribution is 2.33. The van der Waals surface area contributed by atoms with Crippen molar-refractivity contribution < 1.29 is 4.39 Å². The summed E-state index contributed by atoms with van der Waals surface area (Å²) >= 11 is 0. The highest BCUT2D eigenvalue weighted by atomic mass is 19.1. The van der Waals surface area contributed by atoms with Gasteiger partial charge in [0.05, 0.1) is 22.7 Å². The van der Waals surface area contributed by atoms with Gasteiger partial charge in [0.1, 0.15) is 11.5 Å². The van der Waals surface area contributed by atoms with Gasteiger partial charge in [-0.25, -0.2) is 9.37 Å². The number of aromatic amines is 2. The van der Waals surface area contributed by atoms with E-state index in [9.17, 15) is 4.39 Å². The van der Waals surface area contributed by atoms with Gasteiger partial charge in [-0.3, -0.25) is 10.1 Å². The third-order valence-electron chi connectivity index (χ3n) is 7.90. The number of fused-ring (bicyclic) bond motifs is 2. The fourth-order valence-corrected chi connectivity index (χ4v) is 5.67. The van der Waals surface area contributed by atoms with E-state index >= 15 is 0 Å². The first-order valence-corrected chi connectivity index (χ1v) is 14.1. The maximum Gasteiger partial charge on any atom is 0.159 e. The van der Waals surface area contributed by atoms with Crippen molar-refractivity contribution in [2.75, 3.05) is 0 Å². The number of benzene rings is 2. The molecular weight excluding hydrogens is 511 g/mol. The average Bonchev–Trinajstić information content (AvgIpc) is 3.63. The molecule has 0 spiro atoms. The van der Waals surface area contributed by atoms with E-state index in [2.05, 4.69) is 62.9 Å². The van der Waals surface area contributed by atoms with Crippen LogP contribution in [0, 0.1) is 11.7 Å². The lowest BCUT2D eigenvalue weighted by molar-refractivity contribution is 0.393. The Bertz CT molecular complexity index is 1820. The highest BCUT2D eigenvalue weighted by Gasteiger charge is 2.18. The summed E-state index contributed by atoms with van der Waals surface area (Å²) in [5.74, 6) is 0.818. The third kappa shape index (κ3) is 5.35. The van der Waals surface area contributed by atoms with Gasteiger partial charge in [0.15, 0.2) is 5.82 Å². The summed E-state index contributed by atoms with van der Waals surface area (Å²) in [5.41, 5.74) is 8.64. The molecule has 0 radical (unpaired) electrons. The van der Waals surface area contributed by atoms with Gasteiger partial charge in [0.25, 0.3) is 0 Å². The Morgan fingerprint density at radius 1 is 1.07 bits per heavy atom.